The topological polar surface area (TPSA) is 54.0 Å². The highest BCUT2D eigenvalue weighted by atomic mass is 19.1. The molecule has 138 valence electrons. The summed E-state index contributed by atoms with van der Waals surface area (Å²) in [6, 6.07) is 8.00. The fraction of sp³-hybridized carbons (Fsp3) is 0.250. The van der Waals surface area contributed by atoms with Crippen LogP contribution in [0.5, 0.6) is 17.2 Å². The first-order valence-electron chi connectivity index (χ1n) is 7.88. The molecule has 0 bridgehead atoms. The SMILES string of the molecule is COc1ccc(/C=C/C(=O)OCc2cc(OC)c(OC)cc2C)cc1F. The Morgan fingerprint density at radius 2 is 1.65 bits per heavy atom. The van der Waals surface area contributed by atoms with Gasteiger partial charge in [-0.2, -0.15) is 0 Å². The largest absolute Gasteiger partial charge is 0.494 e. The van der Waals surface area contributed by atoms with E-state index in [4.69, 9.17) is 18.9 Å². The number of hydrogen-bond acceptors (Lipinski definition) is 5. The van der Waals surface area contributed by atoms with Crippen LogP contribution < -0.4 is 14.2 Å². The lowest BCUT2D eigenvalue weighted by Crippen LogP contribution is -2.03. The molecule has 6 heteroatoms. The van der Waals surface area contributed by atoms with Crippen LogP contribution in [0, 0.1) is 12.7 Å². The number of aryl methyl sites for hydroxylation is 1. The van der Waals surface area contributed by atoms with Crippen molar-refractivity contribution in [1.82, 2.24) is 0 Å². The number of esters is 1. The molecule has 0 aliphatic carbocycles. The third kappa shape index (κ3) is 4.75. The number of methoxy groups -OCH3 is 3. The quantitative estimate of drug-likeness (QED) is 0.553. The summed E-state index contributed by atoms with van der Waals surface area (Å²) < 4.78 is 34.2. The van der Waals surface area contributed by atoms with Crippen LogP contribution >= 0.6 is 0 Å². The molecule has 0 aromatic heterocycles. The van der Waals surface area contributed by atoms with Crippen molar-refractivity contribution in [3.63, 3.8) is 0 Å². The van der Waals surface area contributed by atoms with Crippen molar-refractivity contribution >= 4 is 12.0 Å². The maximum absolute atomic E-state index is 13.6. The Morgan fingerprint density at radius 1 is 1.00 bits per heavy atom. The molecular formula is C20H21FO5. The number of rotatable bonds is 7. The van der Waals surface area contributed by atoms with Gasteiger partial charge in [-0.15, -0.1) is 0 Å². The van der Waals surface area contributed by atoms with Crippen LogP contribution in [0.25, 0.3) is 6.08 Å². The zero-order valence-corrected chi connectivity index (χ0v) is 15.2. The summed E-state index contributed by atoms with van der Waals surface area (Å²) in [4.78, 5) is 11.9. The molecule has 0 atom stereocenters. The molecule has 0 spiro atoms. The molecule has 0 saturated heterocycles. The van der Waals surface area contributed by atoms with Gasteiger partial charge >= 0.3 is 5.97 Å². The molecular weight excluding hydrogens is 339 g/mol. The normalized spacial score (nSPS) is 10.7. The first kappa shape index (κ1) is 19.3. The van der Waals surface area contributed by atoms with Crippen LogP contribution in [-0.4, -0.2) is 27.3 Å². The Bertz CT molecular complexity index is 814. The van der Waals surface area contributed by atoms with Crippen molar-refractivity contribution in [1.29, 1.82) is 0 Å². The Morgan fingerprint density at radius 3 is 2.27 bits per heavy atom. The van der Waals surface area contributed by atoms with E-state index in [2.05, 4.69) is 0 Å². The minimum atomic E-state index is -0.532. The molecule has 0 heterocycles. The highest BCUT2D eigenvalue weighted by molar-refractivity contribution is 5.87. The lowest BCUT2D eigenvalue weighted by Gasteiger charge is -2.12. The van der Waals surface area contributed by atoms with Gasteiger partial charge in [-0.3, -0.25) is 0 Å². The zero-order valence-electron chi connectivity index (χ0n) is 15.2. The van der Waals surface area contributed by atoms with E-state index in [1.54, 1.807) is 26.4 Å². The van der Waals surface area contributed by atoms with Gasteiger partial charge in [-0.25, -0.2) is 9.18 Å². The van der Waals surface area contributed by atoms with Crippen LogP contribution in [0.2, 0.25) is 0 Å². The van der Waals surface area contributed by atoms with Gasteiger partial charge in [0.1, 0.15) is 6.61 Å². The Hall–Kier alpha value is -3.02. The number of carbonyl (C=O) groups is 1. The highest BCUT2D eigenvalue weighted by Gasteiger charge is 2.10. The lowest BCUT2D eigenvalue weighted by atomic mass is 10.1. The van der Waals surface area contributed by atoms with Crippen LogP contribution in [0.1, 0.15) is 16.7 Å². The minimum Gasteiger partial charge on any atom is -0.494 e. The summed E-state index contributed by atoms with van der Waals surface area (Å²) in [7, 11) is 4.49. The van der Waals surface area contributed by atoms with Crippen molar-refractivity contribution < 1.29 is 28.1 Å². The number of halogens is 1. The monoisotopic (exact) mass is 360 g/mol. The maximum Gasteiger partial charge on any atom is 0.331 e. The molecule has 0 N–H and O–H groups in total. The standard InChI is InChI=1S/C20H21FO5/c1-13-9-18(24-3)19(25-4)11-15(13)12-26-20(22)8-6-14-5-7-17(23-2)16(21)10-14/h5-11H,12H2,1-4H3/b8-6+. The van der Waals surface area contributed by atoms with Crippen molar-refractivity contribution in [3.8, 4) is 17.2 Å². The van der Waals surface area contributed by atoms with E-state index in [1.807, 2.05) is 13.0 Å². The second kappa shape index (κ2) is 8.89. The minimum absolute atomic E-state index is 0.0896. The summed E-state index contributed by atoms with van der Waals surface area (Å²) in [6.07, 6.45) is 2.73. The number of hydrogen-bond donors (Lipinski definition) is 0. The van der Waals surface area contributed by atoms with Gasteiger partial charge in [0.25, 0.3) is 0 Å². The van der Waals surface area contributed by atoms with E-state index in [1.165, 1.54) is 31.4 Å². The molecule has 0 aliphatic rings. The van der Waals surface area contributed by atoms with Gasteiger partial charge in [-0.1, -0.05) is 6.07 Å². The van der Waals surface area contributed by atoms with Gasteiger partial charge in [-0.05, 0) is 54.0 Å². The summed E-state index contributed by atoms with van der Waals surface area (Å²) in [5.41, 5.74) is 2.25. The smallest absolute Gasteiger partial charge is 0.331 e. The van der Waals surface area contributed by atoms with Crippen LogP contribution in [-0.2, 0) is 16.1 Å². The van der Waals surface area contributed by atoms with Gasteiger partial charge in [0, 0.05) is 6.08 Å². The molecule has 0 fully saturated rings. The van der Waals surface area contributed by atoms with Crippen LogP contribution in [0.3, 0.4) is 0 Å². The predicted molar refractivity (Wildman–Crippen MR) is 96.1 cm³/mol. The van der Waals surface area contributed by atoms with Gasteiger partial charge in [0.2, 0.25) is 0 Å². The fourth-order valence-corrected chi connectivity index (χ4v) is 2.33. The Labute approximate surface area is 151 Å². The maximum atomic E-state index is 13.6. The van der Waals surface area contributed by atoms with Gasteiger partial charge < -0.3 is 18.9 Å². The van der Waals surface area contributed by atoms with E-state index in [-0.39, 0.29) is 12.4 Å². The van der Waals surface area contributed by atoms with Crippen molar-refractivity contribution in [2.24, 2.45) is 0 Å². The zero-order chi connectivity index (χ0) is 19.1. The number of benzene rings is 2. The third-order valence-electron chi connectivity index (χ3n) is 3.80. The second-order valence-electron chi connectivity index (χ2n) is 5.47. The second-order valence-corrected chi connectivity index (χ2v) is 5.47. The van der Waals surface area contributed by atoms with Gasteiger partial charge in [0.15, 0.2) is 23.1 Å². The average molecular weight is 360 g/mol. The molecule has 0 amide bonds. The summed E-state index contributed by atoms with van der Waals surface area (Å²) in [6.45, 7) is 1.98. The number of carbonyl (C=O) groups excluding carboxylic acids is 1. The third-order valence-corrected chi connectivity index (χ3v) is 3.80. The first-order chi connectivity index (χ1) is 12.5. The van der Waals surface area contributed by atoms with E-state index in [0.29, 0.717) is 17.1 Å². The first-order valence-corrected chi connectivity index (χ1v) is 7.88. The number of ether oxygens (including phenoxy) is 4. The van der Waals surface area contributed by atoms with E-state index >= 15 is 0 Å². The van der Waals surface area contributed by atoms with Crippen molar-refractivity contribution in [2.45, 2.75) is 13.5 Å². The highest BCUT2D eigenvalue weighted by Crippen LogP contribution is 2.30. The molecule has 0 unspecified atom stereocenters. The molecule has 0 radical (unpaired) electrons. The van der Waals surface area contributed by atoms with Gasteiger partial charge in [0.05, 0.1) is 21.3 Å². The Balaban J connectivity index is 2.01. The van der Waals surface area contributed by atoms with Crippen molar-refractivity contribution in [2.75, 3.05) is 21.3 Å². The molecule has 26 heavy (non-hydrogen) atoms. The van der Waals surface area contributed by atoms with Crippen LogP contribution in [0.15, 0.2) is 36.4 Å². The van der Waals surface area contributed by atoms with E-state index < -0.39 is 11.8 Å². The van der Waals surface area contributed by atoms with Crippen LogP contribution in [0.4, 0.5) is 4.39 Å². The average Bonchev–Trinajstić information content (AvgIpc) is 2.65. The molecule has 0 aliphatic heterocycles. The molecule has 0 saturated carbocycles. The summed E-state index contributed by atoms with van der Waals surface area (Å²) >= 11 is 0. The lowest BCUT2D eigenvalue weighted by molar-refractivity contribution is -0.138. The summed E-state index contributed by atoms with van der Waals surface area (Å²) in [5.74, 6) is 0.294. The fourth-order valence-electron chi connectivity index (χ4n) is 2.33. The summed E-state index contributed by atoms with van der Waals surface area (Å²) in [5, 5.41) is 0. The van der Waals surface area contributed by atoms with E-state index in [0.717, 1.165) is 11.1 Å². The van der Waals surface area contributed by atoms with Crippen molar-refractivity contribution in [3.05, 3.63) is 58.9 Å². The molecule has 2 aromatic rings. The molecule has 2 aromatic carbocycles. The molecule has 2 rings (SSSR count). The predicted octanol–water partition coefficient (Wildman–Crippen LogP) is 3.92. The molecule has 5 nitrogen and oxygen atoms in total. The Kier molecular flexibility index (Phi) is 6.60. The van der Waals surface area contributed by atoms with E-state index in [9.17, 15) is 9.18 Å².